The molecule has 0 aliphatic rings. The molecule has 0 saturated heterocycles. The van der Waals surface area contributed by atoms with Gasteiger partial charge in [0.1, 0.15) is 0 Å². The van der Waals surface area contributed by atoms with Crippen molar-refractivity contribution in [3.63, 3.8) is 0 Å². The van der Waals surface area contributed by atoms with Gasteiger partial charge in [-0.25, -0.2) is 0 Å². The Labute approximate surface area is 103 Å². The highest BCUT2D eigenvalue weighted by atomic mass is 14.2. The monoisotopic (exact) mass is 222 g/mol. The molecule has 0 fully saturated rings. The predicted octanol–water partition coefficient (Wildman–Crippen LogP) is 5.77. The molecule has 0 amide bonds. The molecule has 0 aliphatic heterocycles. The van der Waals surface area contributed by atoms with Crippen molar-refractivity contribution in [3.05, 3.63) is 36.5 Å². The Kier molecular flexibility index (Phi) is 9.22. The molecular weight excluding hydrogens is 192 g/mol. The Hall–Kier alpha value is -0.780. The van der Waals surface area contributed by atoms with Gasteiger partial charge in [0.05, 0.1) is 0 Å². The minimum Gasteiger partial charge on any atom is -0.0956 e. The van der Waals surface area contributed by atoms with Gasteiger partial charge in [-0.15, -0.1) is 0 Å². The van der Waals surface area contributed by atoms with Crippen LogP contribution in [0.4, 0.5) is 0 Å². The first-order valence-corrected chi connectivity index (χ1v) is 6.35. The third-order valence-corrected chi connectivity index (χ3v) is 2.71. The zero-order valence-electron chi connectivity index (χ0n) is 12.4. The third-order valence-electron chi connectivity index (χ3n) is 2.71. The zero-order valence-corrected chi connectivity index (χ0v) is 12.4. The molecule has 0 aromatic carbocycles. The van der Waals surface area contributed by atoms with Gasteiger partial charge in [0.2, 0.25) is 0 Å². The molecule has 0 nitrogen and oxygen atoms in total. The van der Waals surface area contributed by atoms with Gasteiger partial charge < -0.3 is 0 Å². The van der Waals surface area contributed by atoms with Gasteiger partial charge in [0, 0.05) is 0 Å². The first-order chi connectivity index (χ1) is 7.29. The Morgan fingerprint density at radius 2 is 1.56 bits per heavy atom. The summed E-state index contributed by atoms with van der Waals surface area (Å²) in [5, 5.41) is 0. The predicted molar refractivity (Wildman–Crippen MR) is 77.7 cm³/mol. The fraction of sp³-hybridized carbons (Fsp3) is 0.625. The van der Waals surface area contributed by atoms with Gasteiger partial charge in [0.15, 0.2) is 0 Å². The van der Waals surface area contributed by atoms with Crippen molar-refractivity contribution in [2.75, 3.05) is 0 Å². The third kappa shape index (κ3) is 7.50. The minimum absolute atomic E-state index is 0.159. The summed E-state index contributed by atoms with van der Waals surface area (Å²) in [4.78, 5) is 0. The first kappa shape index (κ1) is 17.6. The fourth-order valence-electron chi connectivity index (χ4n) is 0.884. The molecule has 1 atom stereocenters. The highest BCUT2D eigenvalue weighted by Gasteiger charge is 2.11. The van der Waals surface area contributed by atoms with Crippen LogP contribution in [0.3, 0.4) is 0 Å². The van der Waals surface area contributed by atoms with Gasteiger partial charge in [-0.2, -0.15) is 0 Å². The maximum atomic E-state index is 4.06. The second kappa shape index (κ2) is 8.38. The van der Waals surface area contributed by atoms with Crippen LogP contribution in [0.1, 0.15) is 54.9 Å². The Balaban J connectivity index is 0. The van der Waals surface area contributed by atoms with E-state index >= 15 is 0 Å². The summed E-state index contributed by atoms with van der Waals surface area (Å²) < 4.78 is 0. The molecule has 0 aromatic rings. The van der Waals surface area contributed by atoms with E-state index in [1.54, 1.807) is 0 Å². The Morgan fingerprint density at radius 1 is 1.12 bits per heavy atom. The molecule has 0 rings (SSSR count). The van der Waals surface area contributed by atoms with Crippen molar-refractivity contribution >= 4 is 0 Å². The lowest BCUT2D eigenvalue weighted by atomic mass is 9.86. The summed E-state index contributed by atoms with van der Waals surface area (Å²) >= 11 is 0. The molecule has 1 unspecified atom stereocenters. The van der Waals surface area contributed by atoms with Crippen molar-refractivity contribution in [1.82, 2.24) is 0 Å². The highest BCUT2D eigenvalue weighted by Crippen LogP contribution is 2.25. The van der Waals surface area contributed by atoms with Gasteiger partial charge in [-0.1, -0.05) is 79.3 Å². The Morgan fingerprint density at radius 3 is 1.88 bits per heavy atom. The van der Waals surface area contributed by atoms with Crippen LogP contribution < -0.4 is 0 Å². The standard InChI is InChI=1S/C14H24.C2H6/c1-8-11(2)12(3)9-10-13(4)14(5,6)7;1-2/h9-11H,3-4,8H2,1-2,5-7H3;1-2H3/b10-9-;. The number of hydrogen-bond acceptors (Lipinski definition) is 0. The molecule has 0 saturated carbocycles. The van der Waals surface area contributed by atoms with Crippen LogP contribution in [-0.4, -0.2) is 0 Å². The van der Waals surface area contributed by atoms with Gasteiger partial charge in [0.25, 0.3) is 0 Å². The number of allylic oxidation sites excluding steroid dienone is 4. The van der Waals surface area contributed by atoms with Crippen LogP contribution in [0, 0.1) is 11.3 Å². The summed E-state index contributed by atoms with van der Waals surface area (Å²) in [5.74, 6) is 0.569. The molecule has 0 N–H and O–H groups in total. The molecule has 0 radical (unpaired) electrons. The normalized spacial score (nSPS) is 12.9. The zero-order chi connectivity index (χ0) is 13.4. The summed E-state index contributed by atoms with van der Waals surface area (Å²) in [6.07, 6.45) is 5.33. The maximum absolute atomic E-state index is 4.06. The van der Waals surface area contributed by atoms with E-state index in [1.807, 2.05) is 13.8 Å². The molecule has 0 aromatic heterocycles. The first-order valence-electron chi connectivity index (χ1n) is 6.35. The lowest BCUT2D eigenvalue weighted by Gasteiger charge is -2.19. The van der Waals surface area contributed by atoms with E-state index in [1.165, 1.54) is 5.57 Å². The van der Waals surface area contributed by atoms with Gasteiger partial charge in [-0.3, -0.25) is 0 Å². The molecule has 0 aliphatic carbocycles. The second-order valence-electron chi connectivity index (χ2n) is 4.99. The molecule has 16 heavy (non-hydrogen) atoms. The highest BCUT2D eigenvalue weighted by molar-refractivity contribution is 5.28. The largest absolute Gasteiger partial charge is 0.0956 e. The number of hydrogen-bond donors (Lipinski definition) is 0. The van der Waals surface area contributed by atoms with Crippen LogP contribution in [0.15, 0.2) is 36.5 Å². The lowest BCUT2D eigenvalue weighted by molar-refractivity contribution is 0.519. The van der Waals surface area contributed by atoms with Crippen molar-refractivity contribution in [3.8, 4) is 0 Å². The van der Waals surface area contributed by atoms with Crippen molar-refractivity contribution < 1.29 is 0 Å². The summed E-state index contributed by atoms with van der Waals surface area (Å²) in [6, 6.07) is 0. The lowest BCUT2D eigenvalue weighted by Crippen LogP contribution is -2.06. The molecular formula is C16H30. The summed E-state index contributed by atoms with van der Waals surface area (Å²) in [5.41, 5.74) is 2.51. The van der Waals surface area contributed by atoms with Crippen molar-refractivity contribution in [2.45, 2.75) is 54.9 Å². The molecule has 0 heterocycles. The van der Waals surface area contributed by atoms with Crippen LogP contribution in [0.2, 0.25) is 0 Å². The topological polar surface area (TPSA) is 0 Å². The quantitative estimate of drug-likeness (QED) is 0.529. The van der Waals surface area contributed by atoms with Crippen LogP contribution in [-0.2, 0) is 0 Å². The van der Waals surface area contributed by atoms with E-state index in [9.17, 15) is 0 Å². The smallest absolute Gasteiger partial charge is 0.0138 e. The van der Waals surface area contributed by atoms with E-state index in [0.29, 0.717) is 5.92 Å². The minimum atomic E-state index is 0.159. The fourth-order valence-corrected chi connectivity index (χ4v) is 0.884. The molecule has 0 spiro atoms. The van der Waals surface area contributed by atoms with E-state index in [-0.39, 0.29) is 5.41 Å². The van der Waals surface area contributed by atoms with E-state index in [2.05, 4.69) is 59.9 Å². The van der Waals surface area contributed by atoms with Crippen molar-refractivity contribution in [2.24, 2.45) is 11.3 Å². The van der Waals surface area contributed by atoms with Gasteiger partial charge >= 0.3 is 0 Å². The van der Waals surface area contributed by atoms with Crippen molar-refractivity contribution in [1.29, 1.82) is 0 Å². The number of rotatable bonds is 4. The molecule has 94 valence electrons. The van der Waals surface area contributed by atoms with Crippen LogP contribution in [0.25, 0.3) is 0 Å². The van der Waals surface area contributed by atoms with Crippen LogP contribution >= 0.6 is 0 Å². The van der Waals surface area contributed by atoms with E-state index < -0.39 is 0 Å². The second-order valence-corrected chi connectivity index (χ2v) is 4.99. The average Bonchev–Trinajstić information content (AvgIpc) is 2.25. The van der Waals surface area contributed by atoms with Crippen LogP contribution in [0.5, 0.6) is 0 Å². The van der Waals surface area contributed by atoms with E-state index in [0.717, 1.165) is 12.0 Å². The van der Waals surface area contributed by atoms with Gasteiger partial charge in [-0.05, 0) is 23.3 Å². The molecule has 0 heteroatoms. The average molecular weight is 222 g/mol. The molecule has 0 bridgehead atoms. The summed E-state index contributed by atoms with van der Waals surface area (Å²) in [6.45, 7) is 23.0. The van der Waals surface area contributed by atoms with E-state index in [4.69, 9.17) is 0 Å². The maximum Gasteiger partial charge on any atom is -0.0138 e. The Bertz CT molecular complexity index is 235. The SMILES string of the molecule is C=C(/C=C\C(=C)C(C)(C)C)C(C)CC.CC. The summed E-state index contributed by atoms with van der Waals surface area (Å²) in [7, 11) is 0.